The third-order valence-corrected chi connectivity index (χ3v) is 4.51. The van der Waals surface area contributed by atoms with E-state index in [1.807, 2.05) is 26.0 Å². The third kappa shape index (κ3) is 6.38. The van der Waals surface area contributed by atoms with E-state index in [1.54, 1.807) is 38.5 Å². The number of carbonyl (C=O) groups is 1. The molecule has 0 aliphatic carbocycles. The fourth-order valence-corrected chi connectivity index (χ4v) is 3.12. The average Bonchev–Trinajstić information content (AvgIpc) is 2.65. The molecule has 0 saturated carbocycles. The fraction of sp³-hybridized carbons (Fsp3) is 0.300. The van der Waals surface area contributed by atoms with Gasteiger partial charge in [-0.2, -0.15) is 5.10 Å². The van der Waals surface area contributed by atoms with Gasteiger partial charge >= 0.3 is 0 Å². The summed E-state index contributed by atoms with van der Waals surface area (Å²) in [5.74, 6) is 0.956. The molecule has 1 N–H and O–H groups in total. The summed E-state index contributed by atoms with van der Waals surface area (Å²) in [6.07, 6.45) is 3.20. The summed E-state index contributed by atoms with van der Waals surface area (Å²) >= 11 is 1.29. The van der Waals surface area contributed by atoms with E-state index >= 15 is 0 Å². The maximum Gasteiger partial charge on any atom is 0.253 e. The largest absolute Gasteiger partial charge is 0.493 e. The predicted octanol–water partition coefficient (Wildman–Crippen LogP) is 3.30. The molecule has 7 nitrogen and oxygen atoms in total. The van der Waals surface area contributed by atoms with Gasteiger partial charge in [-0.3, -0.25) is 4.79 Å². The van der Waals surface area contributed by atoms with Gasteiger partial charge in [0.15, 0.2) is 16.7 Å². The molecule has 28 heavy (non-hydrogen) atoms. The van der Waals surface area contributed by atoms with Gasteiger partial charge in [-0.1, -0.05) is 24.4 Å². The molecular weight excluding hydrogens is 376 g/mol. The third-order valence-electron chi connectivity index (χ3n) is 3.55. The molecule has 0 spiro atoms. The van der Waals surface area contributed by atoms with Crippen molar-refractivity contribution in [3.05, 3.63) is 53.9 Å². The summed E-state index contributed by atoms with van der Waals surface area (Å²) in [7, 11) is 1.56. The van der Waals surface area contributed by atoms with Gasteiger partial charge in [0, 0.05) is 11.4 Å². The molecule has 1 amide bonds. The normalized spacial score (nSPS) is 11.9. The maximum atomic E-state index is 12.2. The van der Waals surface area contributed by atoms with Crippen LogP contribution in [0.3, 0.4) is 0 Å². The molecule has 0 bridgehead atoms. The Hall–Kier alpha value is -2.87. The van der Waals surface area contributed by atoms with E-state index in [2.05, 4.69) is 27.1 Å². The maximum absolute atomic E-state index is 12.2. The Labute approximate surface area is 169 Å². The van der Waals surface area contributed by atoms with Gasteiger partial charge in [0.05, 0.1) is 18.6 Å². The van der Waals surface area contributed by atoms with Gasteiger partial charge < -0.3 is 9.47 Å². The minimum absolute atomic E-state index is 0.234. The van der Waals surface area contributed by atoms with Crippen molar-refractivity contribution in [1.82, 2.24) is 15.4 Å². The van der Waals surface area contributed by atoms with Crippen molar-refractivity contribution in [3.63, 3.8) is 0 Å². The Kier molecular flexibility index (Phi) is 8.01. The highest BCUT2D eigenvalue weighted by Crippen LogP contribution is 2.27. The molecule has 0 saturated heterocycles. The summed E-state index contributed by atoms with van der Waals surface area (Å²) in [5, 5.41) is 4.20. The Morgan fingerprint density at radius 2 is 2.00 bits per heavy atom. The lowest BCUT2D eigenvalue weighted by Gasteiger charge is -2.10. The number of ether oxygens (including phenoxy) is 2. The number of hydrazone groups is 1. The van der Waals surface area contributed by atoms with Crippen molar-refractivity contribution in [2.24, 2.45) is 5.10 Å². The number of aromatic nitrogens is 2. The van der Waals surface area contributed by atoms with Gasteiger partial charge in [-0.05, 0) is 50.6 Å². The smallest absolute Gasteiger partial charge is 0.253 e. The Balaban J connectivity index is 1.95. The van der Waals surface area contributed by atoms with E-state index in [9.17, 15) is 4.79 Å². The van der Waals surface area contributed by atoms with E-state index in [1.165, 1.54) is 11.8 Å². The van der Waals surface area contributed by atoms with Gasteiger partial charge in [0.1, 0.15) is 6.61 Å². The summed E-state index contributed by atoms with van der Waals surface area (Å²) in [6.45, 7) is 9.59. The quantitative estimate of drug-likeness (QED) is 0.229. The summed E-state index contributed by atoms with van der Waals surface area (Å²) in [4.78, 5) is 20.9. The van der Waals surface area contributed by atoms with Crippen LogP contribution in [0.1, 0.15) is 23.9 Å². The number of thioether (sulfide) groups is 1. The molecule has 1 heterocycles. The van der Waals surface area contributed by atoms with E-state index in [-0.39, 0.29) is 11.2 Å². The zero-order chi connectivity index (χ0) is 20.5. The van der Waals surface area contributed by atoms with Crippen molar-refractivity contribution in [3.8, 4) is 11.5 Å². The lowest BCUT2D eigenvalue weighted by atomic mass is 10.2. The van der Waals surface area contributed by atoms with Crippen molar-refractivity contribution >= 4 is 23.9 Å². The summed E-state index contributed by atoms with van der Waals surface area (Å²) in [6, 6.07) is 7.26. The zero-order valence-electron chi connectivity index (χ0n) is 16.4. The number of nitrogens with zero attached hydrogens (tertiary/aromatic N) is 3. The minimum atomic E-state index is -0.387. The van der Waals surface area contributed by atoms with Crippen LogP contribution in [0.25, 0.3) is 0 Å². The SMILES string of the molecule is C=CCOc1ccc(/C=N/NC(=O)C(C)Sc2nc(C)cc(C)n2)cc1OC. The number of carbonyl (C=O) groups excluding carboxylic acids is 1. The second-order valence-electron chi connectivity index (χ2n) is 5.94. The second-order valence-corrected chi connectivity index (χ2v) is 7.25. The highest BCUT2D eigenvalue weighted by Gasteiger charge is 2.16. The molecule has 148 valence electrons. The number of amides is 1. The van der Waals surface area contributed by atoms with Crippen LogP contribution in [0.4, 0.5) is 0 Å². The van der Waals surface area contributed by atoms with Crippen LogP contribution < -0.4 is 14.9 Å². The standard InChI is InChI=1S/C20H24N4O3S/c1-6-9-27-17-8-7-16(11-18(17)26-5)12-21-24-19(25)15(4)28-20-22-13(2)10-14(3)23-20/h6-8,10-12,15H,1,9H2,2-5H3,(H,24,25)/b21-12+. The second kappa shape index (κ2) is 10.5. The van der Waals surface area contributed by atoms with Crippen LogP contribution in [0.5, 0.6) is 11.5 Å². The molecule has 1 aromatic heterocycles. The molecule has 2 aromatic rings. The van der Waals surface area contributed by atoms with E-state index in [0.717, 1.165) is 17.0 Å². The number of methoxy groups -OCH3 is 1. The molecule has 0 fully saturated rings. The first kappa shape index (κ1) is 21.4. The molecule has 2 rings (SSSR count). The summed E-state index contributed by atoms with van der Waals surface area (Å²) in [5.41, 5.74) is 5.04. The monoisotopic (exact) mass is 400 g/mol. The molecule has 0 aliphatic heterocycles. The Morgan fingerprint density at radius 1 is 1.29 bits per heavy atom. The van der Waals surface area contributed by atoms with E-state index < -0.39 is 0 Å². The minimum Gasteiger partial charge on any atom is -0.493 e. The predicted molar refractivity (Wildman–Crippen MR) is 111 cm³/mol. The van der Waals surface area contributed by atoms with Crippen LogP contribution in [0, 0.1) is 13.8 Å². The topological polar surface area (TPSA) is 85.7 Å². The molecule has 0 radical (unpaired) electrons. The number of rotatable bonds is 9. The lowest BCUT2D eigenvalue weighted by Crippen LogP contribution is -2.27. The highest BCUT2D eigenvalue weighted by molar-refractivity contribution is 8.00. The van der Waals surface area contributed by atoms with Crippen molar-refractivity contribution in [1.29, 1.82) is 0 Å². The lowest BCUT2D eigenvalue weighted by molar-refractivity contribution is -0.120. The molecule has 0 aliphatic rings. The van der Waals surface area contributed by atoms with Gasteiger partial charge in [-0.25, -0.2) is 15.4 Å². The van der Waals surface area contributed by atoms with Gasteiger partial charge in [0.25, 0.3) is 5.91 Å². The highest BCUT2D eigenvalue weighted by atomic mass is 32.2. The van der Waals surface area contributed by atoms with E-state index in [4.69, 9.17) is 9.47 Å². The van der Waals surface area contributed by atoms with Gasteiger partial charge in [-0.15, -0.1) is 0 Å². The molecule has 1 aromatic carbocycles. The number of hydrogen-bond donors (Lipinski definition) is 1. The molecular formula is C20H24N4O3S. The molecule has 1 unspecified atom stereocenters. The first-order valence-corrected chi connectivity index (χ1v) is 9.54. The first-order chi connectivity index (χ1) is 13.4. The van der Waals surface area contributed by atoms with Crippen LogP contribution >= 0.6 is 11.8 Å². The van der Waals surface area contributed by atoms with Crippen LogP contribution in [-0.4, -0.2) is 41.1 Å². The van der Waals surface area contributed by atoms with Crippen molar-refractivity contribution < 1.29 is 14.3 Å². The van der Waals surface area contributed by atoms with Crippen LogP contribution in [0.15, 0.2) is 47.2 Å². The Morgan fingerprint density at radius 3 is 2.64 bits per heavy atom. The number of hydrogen-bond acceptors (Lipinski definition) is 7. The first-order valence-electron chi connectivity index (χ1n) is 8.66. The van der Waals surface area contributed by atoms with Crippen LogP contribution in [0.2, 0.25) is 0 Å². The zero-order valence-corrected chi connectivity index (χ0v) is 17.2. The number of benzene rings is 1. The van der Waals surface area contributed by atoms with Gasteiger partial charge in [0.2, 0.25) is 0 Å². The summed E-state index contributed by atoms with van der Waals surface area (Å²) < 4.78 is 10.8. The van der Waals surface area contributed by atoms with Crippen molar-refractivity contribution in [2.75, 3.05) is 13.7 Å². The molecule has 1 atom stereocenters. The van der Waals surface area contributed by atoms with Crippen molar-refractivity contribution in [2.45, 2.75) is 31.2 Å². The van der Waals surface area contributed by atoms with Crippen LogP contribution in [-0.2, 0) is 4.79 Å². The number of nitrogens with one attached hydrogen (secondary N) is 1. The Bertz CT molecular complexity index is 850. The molecule has 8 heteroatoms. The fourth-order valence-electron chi connectivity index (χ4n) is 2.25. The number of aryl methyl sites for hydroxylation is 2. The van der Waals surface area contributed by atoms with E-state index in [0.29, 0.717) is 23.3 Å². The average molecular weight is 401 g/mol.